The molecule has 0 unspecified atom stereocenters. The van der Waals surface area contributed by atoms with Gasteiger partial charge in [0.05, 0.1) is 5.69 Å². The molecule has 1 aromatic carbocycles. The van der Waals surface area contributed by atoms with Crippen LogP contribution in [0.25, 0.3) is 11.3 Å². The molecule has 0 aliphatic carbocycles. The third kappa shape index (κ3) is 1.97. The molecule has 1 aromatic heterocycles. The van der Waals surface area contributed by atoms with Crippen molar-refractivity contribution in [2.45, 2.75) is 6.92 Å². The Labute approximate surface area is 108 Å². The lowest BCUT2D eigenvalue weighted by molar-refractivity contribution is 0.0688. The highest BCUT2D eigenvalue weighted by Gasteiger charge is 2.16. The van der Waals surface area contributed by atoms with Crippen molar-refractivity contribution in [2.75, 3.05) is 6.79 Å². The van der Waals surface area contributed by atoms with E-state index < -0.39 is 5.97 Å². The molecule has 6 heteroatoms. The number of carbonyl (C=O) groups is 1. The van der Waals surface area contributed by atoms with Crippen LogP contribution in [-0.4, -0.2) is 28.1 Å². The molecule has 3 rings (SSSR count). The first-order valence-electron chi connectivity index (χ1n) is 5.63. The Morgan fingerprint density at radius 3 is 2.74 bits per heavy atom. The zero-order chi connectivity index (χ0) is 13.4. The molecule has 0 radical (unpaired) electrons. The molecular formula is C13H10N2O4. The molecule has 6 nitrogen and oxygen atoms in total. The van der Waals surface area contributed by atoms with Crippen molar-refractivity contribution in [3.8, 4) is 22.8 Å². The molecular weight excluding hydrogens is 248 g/mol. The normalized spacial score (nSPS) is 12.5. The highest BCUT2D eigenvalue weighted by atomic mass is 16.7. The SMILES string of the molecule is Cc1cc(-c2ccc3c(c2)OCO3)nnc1C(=O)O. The van der Waals surface area contributed by atoms with E-state index in [1.807, 2.05) is 6.07 Å². The lowest BCUT2D eigenvalue weighted by Gasteiger charge is -2.04. The molecule has 1 aliphatic rings. The number of benzene rings is 1. The zero-order valence-corrected chi connectivity index (χ0v) is 10.1. The first kappa shape index (κ1) is 11.5. The van der Waals surface area contributed by atoms with E-state index in [-0.39, 0.29) is 12.5 Å². The van der Waals surface area contributed by atoms with Crippen molar-refractivity contribution in [3.05, 3.63) is 35.5 Å². The Hall–Kier alpha value is -2.63. The van der Waals surface area contributed by atoms with Crippen LogP contribution >= 0.6 is 0 Å². The van der Waals surface area contributed by atoms with Crippen LogP contribution in [0.2, 0.25) is 0 Å². The van der Waals surface area contributed by atoms with Crippen LogP contribution in [0.4, 0.5) is 0 Å². The summed E-state index contributed by atoms with van der Waals surface area (Å²) in [7, 11) is 0. The molecule has 0 fully saturated rings. The summed E-state index contributed by atoms with van der Waals surface area (Å²) in [6, 6.07) is 7.11. The van der Waals surface area contributed by atoms with Crippen molar-refractivity contribution in [2.24, 2.45) is 0 Å². The Morgan fingerprint density at radius 1 is 1.21 bits per heavy atom. The summed E-state index contributed by atoms with van der Waals surface area (Å²) in [4.78, 5) is 10.9. The molecule has 2 heterocycles. The first-order chi connectivity index (χ1) is 9.15. The number of fused-ring (bicyclic) bond motifs is 1. The average molecular weight is 258 g/mol. The van der Waals surface area contributed by atoms with E-state index in [2.05, 4.69) is 10.2 Å². The largest absolute Gasteiger partial charge is 0.476 e. The minimum Gasteiger partial charge on any atom is -0.476 e. The third-order valence-corrected chi connectivity index (χ3v) is 2.86. The number of hydrogen-bond donors (Lipinski definition) is 1. The molecule has 96 valence electrons. The Bertz CT molecular complexity index is 670. The molecule has 0 saturated heterocycles. The molecule has 2 aromatic rings. The van der Waals surface area contributed by atoms with Gasteiger partial charge >= 0.3 is 5.97 Å². The molecule has 0 bridgehead atoms. The van der Waals surface area contributed by atoms with Crippen molar-refractivity contribution in [1.82, 2.24) is 10.2 Å². The molecule has 0 amide bonds. The second-order valence-electron chi connectivity index (χ2n) is 4.13. The monoisotopic (exact) mass is 258 g/mol. The van der Waals surface area contributed by atoms with Crippen LogP contribution < -0.4 is 9.47 Å². The summed E-state index contributed by atoms with van der Waals surface area (Å²) in [5, 5.41) is 16.6. The Balaban J connectivity index is 2.03. The number of carboxylic acid groups (broad SMARTS) is 1. The fourth-order valence-electron chi connectivity index (χ4n) is 1.89. The van der Waals surface area contributed by atoms with E-state index in [4.69, 9.17) is 14.6 Å². The molecule has 0 spiro atoms. The van der Waals surface area contributed by atoms with Crippen LogP contribution in [0.5, 0.6) is 11.5 Å². The van der Waals surface area contributed by atoms with Crippen molar-refractivity contribution in [3.63, 3.8) is 0 Å². The van der Waals surface area contributed by atoms with E-state index in [0.717, 1.165) is 5.56 Å². The lowest BCUT2D eigenvalue weighted by Crippen LogP contribution is -2.05. The van der Waals surface area contributed by atoms with E-state index in [0.29, 0.717) is 22.8 Å². The van der Waals surface area contributed by atoms with Gasteiger partial charge in [0.15, 0.2) is 17.2 Å². The second-order valence-corrected chi connectivity index (χ2v) is 4.13. The van der Waals surface area contributed by atoms with Gasteiger partial charge in [-0.15, -0.1) is 10.2 Å². The number of nitrogens with zero attached hydrogens (tertiary/aromatic N) is 2. The number of aromatic carboxylic acids is 1. The molecule has 1 aliphatic heterocycles. The van der Waals surface area contributed by atoms with Crippen molar-refractivity contribution < 1.29 is 19.4 Å². The zero-order valence-electron chi connectivity index (χ0n) is 10.1. The summed E-state index contributed by atoms with van der Waals surface area (Å²) in [6.07, 6.45) is 0. The van der Waals surface area contributed by atoms with Gasteiger partial charge in [-0.2, -0.15) is 0 Å². The third-order valence-electron chi connectivity index (χ3n) is 2.86. The van der Waals surface area contributed by atoms with Crippen LogP contribution in [-0.2, 0) is 0 Å². The first-order valence-corrected chi connectivity index (χ1v) is 5.63. The molecule has 0 atom stereocenters. The highest BCUT2D eigenvalue weighted by molar-refractivity contribution is 5.87. The van der Waals surface area contributed by atoms with Crippen LogP contribution in [0.3, 0.4) is 0 Å². The standard InChI is InChI=1S/C13H10N2O4/c1-7-4-9(14-15-12(7)13(16)17)8-2-3-10-11(5-8)19-6-18-10/h2-5H,6H2,1H3,(H,16,17). The van der Waals surface area contributed by atoms with Gasteiger partial charge in [0, 0.05) is 5.56 Å². The van der Waals surface area contributed by atoms with E-state index in [1.165, 1.54) is 0 Å². The van der Waals surface area contributed by atoms with E-state index in [9.17, 15) is 4.79 Å². The average Bonchev–Trinajstić information content (AvgIpc) is 2.85. The summed E-state index contributed by atoms with van der Waals surface area (Å²) in [5.74, 6) is 0.261. The number of ether oxygens (including phenoxy) is 2. The van der Waals surface area contributed by atoms with Gasteiger partial charge < -0.3 is 14.6 Å². The quantitative estimate of drug-likeness (QED) is 0.885. The maximum absolute atomic E-state index is 10.9. The van der Waals surface area contributed by atoms with E-state index >= 15 is 0 Å². The fourth-order valence-corrected chi connectivity index (χ4v) is 1.89. The molecule has 1 N–H and O–H groups in total. The molecule has 0 saturated carbocycles. The predicted molar refractivity (Wildman–Crippen MR) is 65.3 cm³/mol. The van der Waals surface area contributed by atoms with Gasteiger partial charge in [-0.05, 0) is 36.8 Å². The van der Waals surface area contributed by atoms with Crippen LogP contribution in [0.15, 0.2) is 24.3 Å². The van der Waals surface area contributed by atoms with Gasteiger partial charge in [-0.25, -0.2) is 4.79 Å². The van der Waals surface area contributed by atoms with Gasteiger partial charge in [-0.1, -0.05) is 0 Å². The van der Waals surface area contributed by atoms with Crippen molar-refractivity contribution in [1.29, 1.82) is 0 Å². The maximum atomic E-state index is 10.9. The van der Waals surface area contributed by atoms with Crippen LogP contribution in [0, 0.1) is 6.92 Å². The second kappa shape index (κ2) is 4.24. The number of aromatic nitrogens is 2. The number of hydrogen-bond acceptors (Lipinski definition) is 5. The van der Waals surface area contributed by atoms with E-state index in [1.54, 1.807) is 25.1 Å². The highest BCUT2D eigenvalue weighted by Crippen LogP contribution is 2.35. The summed E-state index contributed by atoms with van der Waals surface area (Å²) < 4.78 is 10.5. The van der Waals surface area contributed by atoms with Gasteiger partial charge in [-0.3, -0.25) is 0 Å². The Kier molecular flexibility index (Phi) is 2.56. The maximum Gasteiger partial charge on any atom is 0.356 e. The summed E-state index contributed by atoms with van der Waals surface area (Å²) >= 11 is 0. The smallest absolute Gasteiger partial charge is 0.356 e. The molecule has 19 heavy (non-hydrogen) atoms. The fraction of sp³-hybridized carbons (Fsp3) is 0.154. The minimum absolute atomic E-state index is 0.0375. The Morgan fingerprint density at radius 2 is 2.00 bits per heavy atom. The summed E-state index contributed by atoms with van der Waals surface area (Å²) in [6.45, 7) is 1.90. The number of carboxylic acids is 1. The lowest BCUT2D eigenvalue weighted by atomic mass is 10.1. The number of aryl methyl sites for hydroxylation is 1. The van der Waals surface area contributed by atoms with Gasteiger partial charge in [0.2, 0.25) is 6.79 Å². The van der Waals surface area contributed by atoms with Crippen molar-refractivity contribution >= 4 is 5.97 Å². The van der Waals surface area contributed by atoms with Gasteiger partial charge in [0.1, 0.15) is 0 Å². The summed E-state index contributed by atoms with van der Waals surface area (Å²) in [5.41, 5.74) is 1.93. The van der Waals surface area contributed by atoms with Crippen LogP contribution in [0.1, 0.15) is 16.1 Å². The number of rotatable bonds is 2. The van der Waals surface area contributed by atoms with Gasteiger partial charge in [0.25, 0.3) is 0 Å². The predicted octanol–water partition coefficient (Wildman–Crippen LogP) is 1.88. The minimum atomic E-state index is -1.08. The topological polar surface area (TPSA) is 81.5 Å².